The molecule has 0 amide bonds. The second-order valence-electron chi connectivity index (χ2n) is 7.87. The number of nitrogens with one attached hydrogen (secondary N) is 1. The molecule has 2 aromatic carbocycles. The molecule has 2 atom stereocenters. The minimum atomic E-state index is 0.178. The monoisotopic (exact) mass is 363 g/mol. The molecule has 2 unspecified atom stereocenters. The normalized spacial score (nSPS) is 16.4. The van der Waals surface area contributed by atoms with Gasteiger partial charge >= 0.3 is 0 Å². The van der Waals surface area contributed by atoms with Crippen molar-refractivity contribution in [3.8, 4) is 5.75 Å². The Hall–Kier alpha value is -2.06. The van der Waals surface area contributed by atoms with E-state index in [0.717, 1.165) is 25.1 Å². The van der Waals surface area contributed by atoms with Crippen LogP contribution in [-0.2, 0) is 6.42 Å². The molecule has 1 aliphatic rings. The number of allylic oxidation sites excluding steroid dienone is 1. The minimum Gasteiger partial charge on any atom is -0.489 e. The Bertz CT molecular complexity index is 722. The first-order valence-corrected chi connectivity index (χ1v) is 10.4. The summed E-state index contributed by atoms with van der Waals surface area (Å²) in [5.74, 6) is 0.965. The van der Waals surface area contributed by atoms with Gasteiger partial charge in [-0.15, -0.1) is 0 Å². The highest BCUT2D eigenvalue weighted by Gasteiger charge is 2.16. The van der Waals surface area contributed by atoms with Crippen molar-refractivity contribution in [1.29, 1.82) is 0 Å². The van der Waals surface area contributed by atoms with Gasteiger partial charge in [0.05, 0.1) is 0 Å². The highest BCUT2D eigenvalue weighted by Crippen LogP contribution is 2.23. The van der Waals surface area contributed by atoms with Crippen LogP contribution in [0.5, 0.6) is 5.75 Å². The van der Waals surface area contributed by atoms with E-state index < -0.39 is 0 Å². The van der Waals surface area contributed by atoms with Crippen LogP contribution in [-0.4, -0.2) is 18.7 Å². The zero-order valence-corrected chi connectivity index (χ0v) is 16.8. The van der Waals surface area contributed by atoms with E-state index in [2.05, 4.69) is 61.6 Å². The highest BCUT2D eigenvalue weighted by atomic mass is 16.5. The summed E-state index contributed by atoms with van der Waals surface area (Å²) in [6.45, 7) is 5.30. The molecule has 0 aromatic heterocycles. The zero-order chi connectivity index (χ0) is 18.9. The van der Waals surface area contributed by atoms with Crippen LogP contribution in [0.1, 0.15) is 50.2 Å². The van der Waals surface area contributed by atoms with Crippen LogP contribution in [0.3, 0.4) is 0 Å². The van der Waals surface area contributed by atoms with E-state index >= 15 is 0 Å². The molecule has 144 valence electrons. The lowest BCUT2D eigenvalue weighted by Gasteiger charge is -2.24. The molecule has 0 radical (unpaired) electrons. The van der Waals surface area contributed by atoms with Gasteiger partial charge in [0.2, 0.25) is 0 Å². The van der Waals surface area contributed by atoms with Gasteiger partial charge in [0.15, 0.2) is 0 Å². The molecule has 27 heavy (non-hydrogen) atoms. The Morgan fingerprint density at radius 3 is 2.59 bits per heavy atom. The summed E-state index contributed by atoms with van der Waals surface area (Å²) >= 11 is 0. The fourth-order valence-electron chi connectivity index (χ4n) is 3.83. The van der Waals surface area contributed by atoms with Crippen LogP contribution in [0, 0.1) is 6.92 Å². The lowest BCUT2D eigenvalue weighted by atomic mass is 9.95. The number of rotatable bonds is 9. The Balaban J connectivity index is 1.57. The molecule has 1 N–H and O–H groups in total. The third kappa shape index (κ3) is 6.88. The van der Waals surface area contributed by atoms with Crippen molar-refractivity contribution in [3.05, 3.63) is 77.4 Å². The Morgan fingerprint density at radius 1 is 1.00 bits per heavy atom. The van der Waals surface area contributed by atoms with Crippen LogP contribution < -0.4 is 10.1 Å². The van der Waals surface area contributed by atoms with E-state index in [9.17, 15) is 0 Å². The van der Waals surface area contributed by atoms with Gasteiger partial charge in [-0.2, -0.15) is 0 Å². The molecule has 0 bridgehead atoms. The molecule has 0 aliphatic heterocycles. The summed E-state index contributed by atoms with van der Waals surface area (Å²) in [4.78, 5) is 0. The molecule has 1 aliphatic carbocycles. The summed E-state index contributed by atoms with van der Waals surface area (Å²) in [5.41, 5.74) is 4.29. The summed E-state index contributed by atoms with van der Waals surface area (Å²) in [6, 6.07) is 19.5. The Kier molecular flexibility index (Phi) is 7.53. The topological polar surface area (TPSA) is 21.3 Å². The number of hydrogen-bond donors (Lipinski definition) is 1. The molecular formula is C25H33NO. The van der Waals surface area contributed by atoms with Gasteiger partial charge in [0.1, 0.15) is 11.9 Å². The van der Waals surface area contributed by atoms with Crippen molar-refractivity contribution in [3.63, 3.8) is 0 Å². The van der Waals surface area contributed by atoms with Crippen LogP contribution >= 0.6 is 0 Å². The van der Waals surface area contributed by atoms with Gasteiger partial charge in [-0.25, -0.2) is 0 Å². The first kappa shape index (κ1) is 19.7. The maximum absolute atomic E-state index is 6.33. The summed E-state index contributed by atoms with van der Waals surface area (Å²) < 4.78 is 6.33. The van der Waals surface area contributed by atoms with Crippen LogP contribution in [0.2, 0.25) is 0 Å². The summed E-state index contributed by atoms with van der Waals surface area (Å²) in [7, 11) is 0. The van der Waals surface area contributed by atoms with Gasteiger partial charge < -0.3 is 10.1 Å². The highest BCUT2D eigenvalue weighted by molar-refractivity contribution is 5.23. The quantitative estimate of drug-likeness (QED) is 0.564. The van der Waals surface area contributed by atoms with E-state index in [1.165, 1.54) is 36.8 Å². The zero-order valence-electron chi connectivity index (χ0n) is 16.8. The smallest absolute Gasteiger partial charge is 0.119 e. The average Bonchev–Trinajstić information content (AvgIpc) is 2.68. The van der Waals surface area contributed by atoms with E-state index in [1.807, 2.05) is 18.2 Å². The molecule has 2 heteroatoms. The fourth-order valence-corrected chi connectivity index (χ4v) is 3.83. The van der Waals surface area contributed by atoms with Crippen molar-refractivity contribution in [1.82, 2.24) is 5.32 Å². The number of ether oxygens (including phenoxy) is 1. The molecule has 3 rings (SSSR count). The third-order valence-electron chi connectivity index (χ3n) is 5.24. The van der Waals surface area contributed by atoms with Crippen molar-refractivity contribution in [2.75, 3.05) is 6.54 Å². The van der Waals surface area contributed by atoms with E-state index in [0.29, 0.717) is 6.04 Å². The lowest BCUT2D eigenvalue weighted by Crippen LogP contribution is -2.38. The standard InChI is InChI=1S/C25H33NO/c1-20-10-9-13-23(16-20)17-21(2)26-19-25(18-22-11-5-3-6-12-22)27-24-14-7-4-8-15-24/h4,7-11,13-16,21,25-26H,3,5-6,12,17-19H2,1-2H3. The maximum atomic E-state index is 6.33. The molecular weight excluding hydrogens is 330 g/mol. The molecule has 2 aromatic rings. The molecule has 0 saturated heterocycles. The molecule has 0 saturated carbocycles. The van der Waals surface area contributed by atoms with E-state index in [-0.39, 0.29) is 6.10 Å². The van der Waals surface area contributed by atoms with Crippen LogP contribution in [0.4, 0.5) is 0 Å². The number of para-hydroxylation sites is 1. The number of aryl methyl sites for hydroxylation is 1. The molecule has 0 spiro atoms. The lowest BCUT2D eigenvalue weighted by molar-refractivity contribution is 0.191. The summed E-state index contributed by atoms with van der Waals surface area (Å²) in [5, 5.41) is 3.71. The van der Waals surface area contributed by atoms with Crippen LogP contribution in [0.15, 0.2) is 66.2 Å². The summed E-state index contributed by atoms with van der Waals surface area (Å²) in [6.07, 6.45) is 9.79. The average molecular weight is 364 g/mol. The van der Waals surface area contributed by atoms with Crippen molar-refractivity contribution >= 4 is 0 Å². The molecule has 2 nitrogen and oxygen atoms in total. The molecule has 0 heterocycles. The van der Waals surface area contributed by atoms with Crippen molar-refractivity contribution < 1.29 is 4.74 Å². The van der Waals surface area contributed by atoms with E-state index in [4.69, 9.17) is 4.74 Å². The predicted octanol–water partition coefficient (Wildman–Crippen LogP) is 5.85. The first-order valence-electron chi connectivity index (χ1n) is 10.4. The van der Waals surface area contributed by atoms with E-state index in [1.54, 1.807) is 5.57 Å². The Morgan fingerprint density at radius 2 is 1.85 bits per heavy atom. The maximum Gasteiger partial charge on any atom is 0.119 e. The third-order valence-corrected chi connectivity index (χ3v) is 5.24. The predicted molar refractivity (Wildman–Crippen MR) is 114 cm³/mol. The van der Waals surface area contributed by atoms with Crippen LogP contribution in [0.25, 0.3) is 0 Å². The first-order chi connectivity index (χ1) is 13.2. The van der Waals surface area contributed by atoms with Crippen molar-refractivity contribution in [2.24, 2.45) is 0 Å². The number of hydrogen-bond acceptors (Lipinski definition) is 2. The van der Waals surface area contributed by atoms with Gasteiger partial charge in [-0.1, -0.05) is 59.7 Å². The minimum absolute atomic E-state index is 0.178. The van der Waals surface area contributed by atoms with Gasteiger partial charge in [0, 0.05) is 19.0 Å². The molecule has 0 fully saturated rings. The number of benzene rings is 2. The van der Waals surface area contributed by atoms with Gasteiger partial charge in [-0.3, -0.25) is 0 Å². The fraction of sp³-hybridized carbons (Fsp3) is 0.440. The van der Waals surface area contributed by atoms with Crippen molar-refractivity contribution in [2.45, 2.75) is 64.5 Å². The SMILES string of the molecule is Cc1cccc(CC(C)NCC(CC2=CCCCC2)Oc2ccccc2)c1. The Labute approximate surface area is 164 Å². The van der Waals surface area contributed by atoms with Gasteiger partial charge in [0.25, 0.3) is 0 Å². The second-order valence-corrected chi connectivity index (χ2v) is 7.87. The second kappa shape index (κ2) is 10.3. The van der Waals surface area contributed by atoms with Gasteiger partial charge in [-0.05, 0) is 63.6 Å². The largest absolute Gasteiger partial charge is 0.489 e.